The van der Waals surface area contributed by atoms with Crippen molar-refractivity contribution < 1.29 is 0 Å². The van der Waals surface area contributed by atoms with E-state index in [9.17, 15) is 0 Å². The van der Waals surface area contributed by atoms with Gasteiger partial charge < -0.3 is 5.32 Å². The second-order valence-corrected chi connectivity index (χ2v) is 4.49. The van der Waals surface area contributed by atoms with E-state index in [1.165, 1.54) is 18.5 Å². The molecule has 0 unspecified atom stereocenters. The number of aryl methyl sites for hydroxylation is 2. The Balaban J connectivity index is 2.31. The minimum absolute atomic E-state index is 0.241. The quantitative estimate of drug-likeness (QED) is 0.811. The van der Waals surface area contributed by atoms with Gasteiger partial charge in [0.25, 0.3) is 0 Å². The first-order chi connectivity index (χ1) is 7.20. The lowest BCUT2D eigenvalue weighted by Crippen LogP contribution is -2.26. The summed E-state index contributed by atoms with van der Waals surface area (Å²) in [5.41, 5.74) is 2.50. The SMILES string of the molecule is CCc1cc(C)nc(C2(CNC)CC2)n1. The maximum absolute atomic E-state index is 4.65. The lowest BCUT2D eigenvalue weighted by Gasteiger charge is -2.14. The fourth-order valence-electron chi connectivity index (χ4n) is 2.02. The minimum Gasteiger partial charge on any atom is -0.319 e. The molecule has 0 atom stereocenters. The van der Waals surface area contributed by atoms with Crippen molar-refractivity contribution in [1.29, 1.82) is 0 Å². The maximum Gasteiger partial charge on any atom is 0.136 e. The van der Waals surface area contributed by atoms with Crippen LogP contribution in [0.1, 0.15) is 37.0 Å². The van der Waals surface area contributed by atoms with E-state index in [1.807, 2.05) is 7.05 Å². The van der Waals surface area contributed by atoms with Crippen LogP contribution in [0.3, 0.4) is 0 Å². The van der Waals surface area contributed by atoms with Gasteiger partial charge in [-0.2, -0.15) is 0 Å². The molecule has 0 saturated heterocycles. The van der Waals surface area contributed by atoms with Gasteiger partial charge in [-0.3, -0.25) is 0 Å². The van der Waals surface area contributed by atoms with Gasteiger partial charge in [0.15, 0.2) is 0 Å². The van der Waals surface area contributed by atoms with E-state index >= 15 is 0 Å². The number of aromatic nitrogens is 2. The third kappa shape index (κ3) is 2.02. The zero-order valence-corrected chi connectivity index (χ0v) is 9.80. The highest BCUT2D eigenvalue weighted by molar-refractivity contribution is 5.22. The Labute approximate surface area is 91.3 Å². The van der Waals surface area contributed by atoms with Gasteiger partial charge in [0, 0.05) is 23.3 Å². The molecule has 1 aromatic heterocycles. The highest BCUT2D eigenvalue weighted by atomic mass is 15.0. The van der Waals surface area contributed by atoms with Crippen LogP contribution in [-0.2, 0) is 11.8 Å². The van der Waals surface area contributed by atoms with Crippen LogP contribution < -0.4 is 5.32 Å². The molecule has 2 rings (SSSR count). The molecule has 0 radical (unpaired) electrons. The summed E-state index contributed by atoms with van der Waals surface area (Å²) >= 11 is 0. The molecule has 0 bridgehead atoms. The molecule has 1 aromatic rings. The molecule has 1 aliphatic carbocycles. The number of likely N-dealkylation sites (N-methyl/N-ethyl adjacent to an activating group) is 1. The fraction of sp³-hybridized carbons (Fsp3) is 0.667. The van der Waals surface area contributed by atoms with Crippen LogP contribution in [0.2, 0.25) is 0 Å². The normalized spacial score (nSPS) is 17.8. The van der Waals surface area contributed by atoms with Crippen LogP contribution in [0, 0.1) is 6.92 Å². The first kappa shape index (κ1) is 10.6. The molecule has 3 nitrogen and oxygen atoms in total. The summed E-state index contributed by atoms with van der Waals surface area (Å²) in [6.07, 6.45) is 3.44. The molecule has 3 heteroatoms. The Bertz CT molecular complexity index is 356. The first-order valence-corrected chi connectivity index (χ1v) is 5.70. The number of nitrogens with zero attached hydrogens (tertiary/aromatic N) is 2. The summed E-state index contributed by atoms with van der Waals surface area (Å²) in [5.74, 6) is 1.05. The predicted molar refractivity (Wildman–Crippen MR) is 61.0 cm³/mol. The van der Waals surface area contributed by atoms with Crippen molar-refractivity contribution in [3.8, 4) is 0 Å². The van der Waals surface area contributed by atoms with E-state index in [2.05, 4.69) is 35.2 Å². The number of rotatable bonds is 4. The van der Waals surface area contributed by atoms with Crippen LogP contribution in [0.25, 0.3) is 0 Å². The van der Waals surface area contributed by atoms with Gasteiger partial charge in [0.1, 0.15) is 5.82 Å². The van der Waals surface area contributed by atoms with Gasteiger partial charge in [0.2, 0.25) is 0 Å². The van der Waals surface area contributed by atoms with Gasteiger partial charge in [0.05, 0.1) is 0 Å². The number of hydrogen-bond donors (Lipinski definition) is 1. The Morgan fingerprint density at radius 3 is 2.67 bits per heavy atom. The standard InChI is InChI=1S/C12H19N3/c1-4-10-7-9(2)14-11(15-10)12(5-6-12)8-13-3/h7,13H,4-6,8H2,1-3H3. The van der Waals surface area contributed by atoms with E-state index in [1.54, 1.807) is 0 Å². The Hall–Kier alpha value is -0.960. The molecular formula is C12H19N3. The molecule has 82 valence electrons. The molecule has 0 spiro atoms. The summed E-state index contributed by atoms with van der Waals surface area (Å²) in [6.45, 7) is 5.20. The van der Waals surface area contributed by atoms with Gasteiger partial charge in [-0.05, 0) is 39.3 Å². The molecule has 1 N–H and O–H groups in total. The van der Waals surface area contributed by atoms with Crippen molar-refractivity contribution in [3.05, 3.63) is 23.3 Å². The van der Waals surface area contributed by atoms with Crippen molar-refractivity contribution in [3.63, 3.8) is 0 Å². The number of hydrogen-bond acceptors (Lipinski definition) is 3. The van der Waals surface area contributed by atoms with Crippen LogP contribution in [0.5, 0.6) is 0 Å². The van der Waals surface area contributed by atoms with Crippen molar-refractivity contribution in [2.45, 2.75) is 38.5 Å². The monoisotopic (exact) mass is 205 g/mol. The maximum atomic E-state index is 4.65. The van der Waals surface area contributed by atoms with Gasteiger partial charge in [-0.15, -0.1) is 0 Å². The average molecular weight is 205 g/mol. The molecule has 15 heavy (non-hydrogen) atoms. The van der Waals surface area contributed by atoms with Crippen molar-refractivity contribution in [2.24, 2.45) is 0 Å². The summed E-state index contributed by atoms with van der Waals surface area (Å²) in [5, 5.41) is 3.25. The molecule has 0 aliphatic heterocycles. The molecule has 1 saturated carbocycles. The van der Waals surface area contributed by atoms with E-state index in [4.69, 9.17) is 0 Å². The van der Waals surface area contributed by atoms with E-state index < -0.39 is 0 Å². The Kier molecular flexibility index (Phi) is 2.74. The largest absolute Gasteiger partial charge is 0.319 e. The topological polar surface area (TPSA) is 37.8 Å². The third-order valence-corrected chi connectivity index (χ3v) is 3.11. The average Bonchev–Trinajstić information content (AvgIpc) is 2.98. The summed E-state index contributed by atoms with van der Waals surface area (Å²) in [6, 6.07) is 2.08. The predicted octanol–water partition coefficient (Wildman–Crippen LogP) is 1.60. The van der Waals surface area contributed by atoms with Gasteiger partial charge >= 0.3 is 0 Å². The van der Waals surface area contributed by atoms with E-state index in [0.29, 0.717) is 0 Å². The second-order valence-electron chi connectivity index (χ2n) is 4.49. The van der Waals surface area contributed by atoms with Crippen LogP contribution in [-0.4, -0.2) is 23.6 Å². The molecule has 1 heterocycles. The first-order valence-electron chi connectivity index (χ1n) is 5.70. The van der Waals surface area contributed by atoms with Crippen molar-refractivity contribution >= 4 is 0 Å². The van der Waals surface area contributed by atoms with Crippen molar-refractivity contribution in [2.75, 3.05) is 13.6 Å². The van der Waals surface area contributed by atoms with E-state index in [-0.39, 0.29) is 5.41 Å². The lowest BCUT2D eigenvalue weighted by molar-refractivity contribution is 0.581. The van der Waals surface area contributed by atoms with Crippen molar-refractivity contribution in [1.82, 2.24) is 15.3 Å². The van der Waals surface area contributed by atoms with Gasteiger partial charge in [-0.1, -0.05) is 6.92 Å². The molecule has 0 aromatic carbocycles. The fourth-order valence-corrected chi connectivity index (χ4v) is 2.02. The highest BCUT2D eigenvalue weighted by Gasteiger charge is 2.46. The van der Waals surface area contributed by atoms with E-state index in [0.717, 1.165) is 24.5 Å². The summed E-state index contributed by atoms with van der Waals surface area (Å²) in [7, 11) is 2.00. The zero-order chi connectivity index (χ0) is 10.9. The Morgan fingerprint density at radius 1 is 1.40 bits per heavy atom. The van der Waals surface area contributed by atoms with Gasteiger partial charge in [-0.25, -0.2) is 9.97 Å². The summed E-state index contributed by atoms with van der Waals surface area (Å²) < 4.78 is 0. The van der Waals surface area contributed by atoms with Crippen LogP contribution >= 0.6 is 0 Å². The Morgan fingerprint density at radius 2 is 2.13 bits per heavy atom. The molecule has 1 aliphatic rings. The lowest BCUT2D eigenvalue weighted by atomic mass is 10.1. The van der Waals surface area contributed by atoms with Crippen LogP contribution in [0.4, 0.5) is 0 Å². The second kappa shape index (κ2) is 3.89. The molecule has 1 fully saturated rings. The summed E-state index contributed by atoms with van der Waals surface area (Å²) in [4.78, 5) is 9.24. The smallest absolute Gasteiger partial charge is 0.136 e. The van der Waals surface area contributed by atoms with Crippen LogP contribution in [0.15, 0.2) is 6.07 Å². The minimum atomic E-state index is 0.241. The third-order valence-electron chi connectivity index (χ3n) is 3.11. The molecular weight excluding hydrogens is 186 g/mol. The molecule has 0 amide bonds. The zero-order valence-electron chi connectivity index (χ0n) is 9.80. The number of nitrogens with one attached hydrogen (secondary N) is 1. The highest BCUT2D eigenvalue weighted by Crippen LogP contribution is 2.45.